The van der Waals surface area contributed by atoms with Gasteiger partial charge in [0.2, 0.25) is 5.91 Å². The predicted molar refractivity (Wildman–Crippen MR) is 97.2 cm³/mol. The average Bonchev–Trinajstić information content (AvgIpc) is 3.04. The van der Waals surface area contributed by atoms with Gasteiger partial charge in [0.05, 0.1) is 17.7 Å². The topological polar surface area (TPSA) is 84.1 Å². The summed E-state index contributed by atoms with van der Waals surface area (Å²) in [6.07, 6.45) is 0. The molecule has 1 atom stereocenters. The molecule has 0 aliphatic heterocycles. The number of nitrogens with zero attached hydrogens (tertiary/aromatic N) is 1. The lowest BCUT2D eigenvalue weighted by Crippen LogP contribution is -2.23. The molecule has 8 heteroatoms. The number of carbonyl (C=O) groups excluding carboxylic acids is 1. The lowest BCUT2D eigenvalue weighted by molar-refractivity contribution is -0.115. The number of amides is 1. The Morgan fingerprint density at radius 2 is 2.08 bits per heavy atom. The van der Waals surface area contributed by atoms with Crippen LogP contribution in [0, 0.1) is 0 Å². The van der Waals surface area contributed by atoms with Crippen molar-refractivity contribution in [1.29, 1.82) is 0 Å². The highest BCUT2D eigenvalue weighted by Gasteiger charge is 2.17. The zero-order chi connectivity index (χ0) is 17.1. The van der Waals surface area contributed by atoms with Gasteiger partial charge in [0.25, 0.3) is 5.56 Å². The van der Waals surface area contributed by atoms with Crippen LogP contribution in [0.3, 0.4) is 0 Å². The molecule has 0 aliphatic carbocycles. The molecule has 0 bridgehead atoms. The predicted octanol–water partition coefficient (Wildman–Crippen LogP) is 3.11. The number of benzene rings is 1. The minimum Gasteiger partial charge on any atom is -0.497 e. The number of aromatic nitrogens is 2. The second-order valence-corrected chi connectivity index (χ2v) is 7.21. The zero-order valence-corrected chi connectivity index (χ0v) is 14.7. The van der Waals surface area contributed by atoms with E-state index in [-0.39, 0.29) is 11.5 Å². The Morgan fingerprint density at radius 1 is 1.33 bits per heavy atom. The number of nitrogens with one attached hydrogen (secondary N) is 2. The summed E-state index contributed by atoms with van der Waals surface area (Å²) in [5.74, 6) is 0.556. The van der Waals surface area contributed by atoms with Crippen LogP contribution in [0.1, 0.15) is 6.92 Å². The van der Waals surface area contributed by atoms with E-state index in [9.17, 15) is 9.59 Å². The molecule has 0 fully saturated rings. The molecule has 0 radical (unpaired) electrons. The summed E-state index contributed by atoms with van der Waals surface area (Å²) in [5.41, 5.74) is 0.495. The van der Waals surface area contributed by atoms with Crippen molar-refractivity contribution >= 4 is 44.9 Å². The molecule has 0 unspecified atom stereocenters. The highest BCUT2D eigenvalue weighted by molar-refractivity contribution is 8.00. The average molecular weight is 361 g/mol. The summed E-state index contributed by atoms with van der Waals surface area (Å²) in [6, 6.07) is 8.83. The first-order chi connectivity index (χ1) is 11.6. The summed E-state index contributed by atoms with van der Waals surface area (Å²) in [7, 11) is 1.59. The van der Waals surface area contributed by atoms with Crippen molar-refractivity contribution in [2.45, 2.75) is 17.3 Å². The van der Waals surface area contributed by atoms with E-state index in [4.69, 9.17) is 4.74 Å². The SMILES string of the molecule is COc1ccc(NC(=O)[C@@H](C)Sc2nc3sccc3c(=O)[nH]2)cc1. The summed E-state index contributed by atoms with van der Waals surface area (Å²) >= 11 is 2.61. The van der Waals surface area contributed by atoms with Crippen LogP contribution in [0.5, 0.6) is 5.75 Å². The first kappa shape index (κ1) is 16.5. The van der Waals surface area contributed by atoms with E-state index >= 15 is 0 Å². The molecule has 0 saturated carbocycles. The van der Waals surface area contributed by atoms with Gasteiger partial charge in [-0.1, -0.05) is 11.8 Å². The number of methoxy groups -OCH3 is 1. The van der Waals surface area contributed by atoms with Crippen LogP contribution in [-0.4, -0.2) is 28.2 Å². The number of ether oxygens (including phenoxy) is 1. The van der Waals surface area contributed by atoms with Gasteiger partial charge in [-0.2, -0.15) is 0 Å². The Balaban J connectivity index is 1.69. The van der Waals surface area contributed by atoms with Crippen LogP contribution in [0.15, 0.2) is 45.7 Å². The Bertz CT molecular complexity index is 918. The number of rotatable bonds is 5. The summed E-state index contributed by atoms with van der Waals surface area (Å²) in [5, 5.41) is 5.25. The Labute approximate surface area is 146 Å². The number of anilines is 1. The molecule has 0 spiro atoms. The highest BCUT2D eigenvalue weighted by Crippen LogP contribution is 2.23. The lowest BCUT2D eigenvalue weighted by atomic mass is 10.3. The fourth-order valence-electron chi connectivity index (χ4n) is 2.04. The van der Waals surface area contributed by atoms with Crippen LogP contribution in [0.2, 0.25) is 0 Å². The van der Waals surface area contributed by atoms with Gasteiger partial charge in [-0.25, -0.2) is 4.98 Å². The number of aromatic amines is 1. The van der Waals surface area contributed by atoms with Gasteiger partial charge in [0, 0.05) is 5.69 Å². The highest BCUT2D eigenvalue weighted by atomic mass is 32.2. The monoisotopic (exact) mass is 361 g/mol. The van der Waals surface area contributed by atoms with Gasteiger partial charge in [-0.05, 0) is 42.6 Å². The molecule has 2 heterocycles. The van der Waals surface area contributed by atoms with Crippen molar-refractivity contribution in [3.05, 3.63) is 46.1 Å². The summed E-state index contributed by atoms with van der Waals surface area (Å²) < 4.78 is 5.08. The molecule has 6 nitrogen and oxygen atoms in total. The minimum absolute atomic E-state index is 0.168. The minimum atomic E-state index is -0.410. The Morgan fingerprint density at radius 3 is 2.79 bits per heavy atom. The quantitative estimate of drug-likeness (QED) is 0.539. The van der Waals surface area contributed by atoms with Gasteiger partial charge in [-0.3, -0.25) is 9.59 Å². The van der Waals surface area contributed by atoms with Crippen LogP contribution in [-0.2, 0) is 4.79 Å². The van der Waals surface area contributed by atoms with Crippen molar-refractivity contribution in [2.75, 3.05) is 12.4 Å². The molecule has 3 rings (SSSR count). The second kappa shape index (κ2) is 7.06. The number of H-pyrrole nitrogens is 1. The largest absolute Gasteiger partial charge is 0.497 e. The number of thioether (sulfide) groups is 1. The molecule has 2 aromatic heterocycles. The molecule has 1 aromatic carbocycles. The zero-order valence-electron chi connectivity index (χ0n) is 13.0. The third-order valence-electron chi connectivity index (χ3n) is 3.33. The second-order valence-electron chi connectivity index (χ2n) is 4.99. The lowest BCUT2D eigenvalue weighted by Gasteiger charge is -2.11. The molecule has 1 amide bonds. The fraction of sp³-hybridized carbons (Fsp3) is 0.188. The first-order valence-corrected chi connectivity index (χ1v) is 8.92. The number of carbonyl (C=O) groups is 1. The summed E-state index contributed by atoms with van der Waals surface area (Å²) in [4.78, 5) is 32.0. The Hall–Kier alpha value is -2.32. The smallest absolute Gasteiger partial charge is 0.260 e. The molecule has 124 valence electrons. The van der Waals surface area contributed by atoms with Gasteiger partial charge in [-0.15, -0.1) is 11.3 Å². The van der Waals surface area contributed by atoms with Gasteiger partial charge in [0.1, 0.15) is 10.6 Å². The van der Waals surface area contributed by atoms with Crippen molar-refractivity contribution < 1.29 is 9.53 Å². The van der Waals surface area contributed by atoms with E-state index in [0.29, 0.717) is 21.1 Å². The van der Waals surface area contributed by atoms with E-state index < -0.39 is 5.25 Å². The van der Waals surface area contributed by atoms with Crippen molar-refractivity contribution in [1.82, 2.24) is 9.97 Å². The third-order valence-corrected chi connectivity index (χ3v) is 5.12. The number of fused-ring (bicyclic) bond motifs is 1. The van der Waals surface area contributed by atoms with E-state index in [0.717, 1.165) is 5.75 Å². The molecular weight excluding hydrogens is 346 g/mol. The maximum absolute atomic E-state index is 12.3. The number of hydrogen-bond acceptors (Lipinski definition) is 6. The van der Waals surface area contributed by atoms with Gasteiger partial charge in [0.15, 0.2) is 5.16 Å². The number of thiophene rings is 1. The first-order valence-electron chi connectivity index (χ1n) is 7.16. The number of hydrogen-bond donors (Lipinski definition) is 2. The van der Waals surface area contributed by atoms with Crippen LogP contribution in [0.25, 0.3) is 10.2 Å². The van der Waals surface area contributed by atoms with E-state index in [1.54, 1.807) is 44.4 Å². The fourth-order valence-corrected chi connectivity index (χ4v) is 3.66. The third kappa shape index (κ3) is 3.60. The van der Waals surface area contributed by atoms with E-state index in [2.05, 4.69) is 15.3 Å². The van der Waals surface area contributed by atoms with Gasteiger partial charge < -0.3 is 15.0 Å². The molecular formula is C16H15N3O3S2. The van der Waals surface area contributed by atoms with E-state index in [1.165, 1.54) is 23.1 Å². The molecule has 0 aliphatic rings. The molecule has 0 saturated heterocycles. The maximum atomic E-state index is 12.3. The Kier molecular flexibility index (Phi) is 4.86. The van der Waals surface area contributed by atoms with Crippen LogP contribution in [0.4, 0.5) is 5.69 Å². The van der Waals surface area contributed by atoms with Crippen molar-refractivity contribution in [3.63, 3.8) is 0 Å². The molecule has 3 aromatic rings. The maximum Gasteiger partial charge on any atom is 0.260 e. The normalized spacial score (nSPS) is 12.1. The van der Waals surface area contributed by atoms with Crippen molar-refractivity contribution in [2.24, 2.45) is 0 Å². The van der Waals surface area contributed by atoms with Gasteiger partial charge >= 0.3 is 0 Å². The van der Waals surface area contributed by atoms with Crippen LogP contribution < -0.4 is 15.6 Å². The van der Waals surface area contributed by atoms with Crippen molar-refractivity contribution in [3.8, 4) is 5.75 Å². The molecule has 2 N–H and O–H groups in total. The standard InChI is InChI=1S/C16H15N3O3S2/c1-9(13(20)17-10-3-5-11(22-2)6-4-10)24-16-18-14(21)12-7-8-23-15(12)19-16/h3-9H,1-2H3,(H,17,20)(H,18,19,21)/t9-/m1/s1. The van der Waals surface area contributed by atoms with E-state index in [1.807, 2.05) is 5.38 Å². The molecule has 24 heavy (non-hydrogen) atoms. The van der Waals surface area contributed by atoms with Crippen LogP contribution >= 0.6 is 23.1 Å². The summed E-state index contributed by atoms with van der Waals surface area (Å²) in [6.45, 7) is 1.77.